The predicted molar refractivity (Wildman–Crippen MR) is 315 cm³/mol. The summed E-state index contributed by atoms with van der Waals surface area (Å²) >= 11 is 1.05. The first-order valence-corrected chi connectivity index (χ1v) is 28.9. The first-order valence-electron chi connectivity index (χ1n) is 27.9. The van der Waals surface area contributed by atoms with Crippen LogP contribution in [0.4, 0.5) is 5.69 Å². The van der Waals surface area contributed by atoms with Gasteiger partial charge in [0.15, 0.2) is 0 Å². The van der Waals surface area contributed by atoms with Crippen LogP contribution in [-0.4, -0.2) is 186 Å². The molecule has 3 aromatic carbocycles. The molecule has 10 atom stereocenters. The number of anilines is 1. The molecule has 10 unspecified atom stereocenters. The third kappa shape index (κ3) is 13.2. The number of amides is 8. The van der Waals surface area contributed by atoms with E-state index in [-0.39, 0.29) is 41.8 Å². The summed E-state index contributed by atoms with van der Waals surface area (Å²) in [5.41, 5.74) is 1.05. The number of carbonyl (C=O) groups is 9. The van der Waals surface area contributed by atoms with E-state index in [1.807, 2.05) is 74.1 Å². The second-order valence-corrected chi connectivity index (χ2v) is 23.8. The number of H-pyrrole nitrogens is 1. The largest absolute Gasteiger partial charge is 0.545 e. The molecule has 454 valence electrons. The minimum atomic E-state index is -2.09. The molecule has 9 rings (SSSR count). The average molecular weight is 1200 g/mol. The Hall–Kier alpha value is -8.85. The molecule has 8 amide bonds. The molecule has 5 heterocycles. The fraction of sp³-hybridized carbons (Fsp3) is 0.400. The Bertz CT molecular complexity index is 3760. The van der Waals surface area contributed by atoms with E-state index in [1.54, 1.807) is 24.3 Å². The molecular weight excluding hydrogens is 1130 g/mol. The van der Waals surface area contributed by atoms with Gasteiger partial charge in [0.1, 0.15) is 67.7 Å². The van der Waals surface area contributed by atoms with Crippen molar-refractivity contribution in [3.63, 3.8) is 0 Å². The van der Waals surface area contributed by atoms with Crippen LogP contribution in [0.15, 0.2) is 88.3 Å². The highest BCUT2D eigenvalue weighted by Crippen LogP contribution is 2.42. The van der Waals surface area contributed by atoms with Gasteiger partial charge in [-0.2, -0.15) is 0 Å². The maximum Gasteiger partial charge on any atom is 0.251 e. The smallest absolute Gasteiger partial charge is 0.251 e. The van der Waals surface area contributed by atoms with E-state index in [2.05, 4.69) is 42.2 Å². The Morgan fingerprint density at radius 2 is 1.51 bits per heavy atom. The molecule has 4 aromatic rings. The Labute approximate surface area is 497 Å². The van der Waals surface area contributed by atoms with Crippen molar-refractivity contribution in [2.45, 2.75) is 112 Å². The SMILES string of the molecule is CC1NC(=O)C(CC(C)(O)CNC(=O)c2ccc(-c3c4ccc(=[N+](C)C)cc-4oc4cc(N(C)C)ccc34)c(C(=O)[O-])c2)NC(=O)C2Cc3c([nH]c4ccccc34)SCC(NC(=O)C(C(C)O)NC1=O)C(=O)N1CC(O)CC1C(=O)NC(C)C(=O)N2. The van der Waals surface area contributed by atoms with Gasteiger partial charge in [0.2, 0.25) is 46.7 Å². The molecule has 11 N–H and O–H groups in total. The van der Waals surface area contributed by atoms with Gasteiger partial charge in [0, 0.05) is 109 Å². The van der Waals surface area contributed by atoms with Crippen molar-refractivity contribution in [1.29, 1.82) is 0 Å². The van der Waals surface area contributed by atoms with Crippen molar-refractivity contribution in [3.05, 3.63) is 101 Å². The second-order valence-electron chi connectivity index (χ2n) is 22.8. The number of aromatic nitrogens is 1. The topological polar surface area (TPSA) is 360 Å². The molecule has 0 radical (unpaired) electrons. The molecule has 1 aliphatic carbocycles. The number of aromatic carboxylic acids is 1. The van der Waals surface area contributed by atoms with E-state index in [9.17, 15) is 63.6 Å². The molecule has 2 bridgehead atoms. The average Bonchev–Trinajstić information content (AvgIpc) is 1.00. The van der Waals surface area contributed by atoms with Crippen LogP contribution in [0.25, 0.3) is 44.3 Å². The number of carboxylic acids is 1. The maximum absolute atomic E-state index is 15.0. The van der Waals surface area contributed by atoms with Gasteiger partial charge < -0.3 is 81.6 Å². The Balaban J connectivity index is 1.05. The van der Waals surface area contributed by atoms with Crippen LogP contribution in [0.1, 0.15) is 66.8 Å². The van der Waals surface area contributed by atoms with E-state index in [4.69, 9.17) is 4.42 Å². The number of carboxylic acid groups (broad SMARTS) is 1. The molecule has 25 nitrogen and oxygen atoms in total. The third-order valence-corrected chi connectivity index (χ3v) is 16.8. The molecule has 4 aliphatic heterocycles. The van der Waals surface area contributed by atoms with Crippen LogP contribution in [0, 0.1) is 0 Å². The highest BCUT2D eigenvalue weighted by atomic mass is 32.2. The number of nitrogens with one attached hydrogen (secondary N) is 8. The van der Waals surface area contributed by atoms with Crippen LogP contribution in [0.3, 0.4) is 0 Å². The van der Waals surface area contributed by atoms with Gasteiger partial charge in [-0.3, -0.25) is 38.4 Å². The highest BCUT2D eigenvalue weighted by molar-refractivity contribution is 7.99. The lowest BCUT2D eigenvalue weighted by Crippen LogP contribution is -2.62. The fourth-order valence-corrected chi connectivity index (χ4v) is 12.0. The van der Waals surface area contributed by atoms with Gasteiger partial charge in [-0.15, -0.1) is 11.8 Å². The summed E-state index contributed by atoms with van der Waals surface area (Å²) < 4.78 is 8.31. The Morgan fingerprint density at radius 1 is 0.826 bits per heavy atom. The van der Waals surface area contributed by atoms with Crippen molar-refractivity contribution in [3.8, 4) is 22.5 Å². The van der Waals surface area contributed by atoms with Crippen LogP contribution in [0.2, 0.25) is 0 Å². The van der Waals surface area contributed by atoms with E-state index < -0.39 is 126 Å². The normalized spacial score (nSPS) is 23.8. The number of hydrogen-bond donors (Lipinski definition) is 11. The molecule has 1 fully saturated rings. The number of rotatable bonds is 9. The molecule has 1 aromatic heterocycles. The summed E-state index contributed by atoms with van der Waals surface area (Å²) in [7, 11) is 7.49. The summed E-state index contributed by atoms with van der Waals surface area (Å²) in [6.07, 6.45) is -3.96. The number of fused-ring (bicyclic) bond motifs is 7. The molecule has 1 saturated heterocycles. The lowest BCUT2D eigenvalue weighted by molar-refractivity contribution is -0.255. The van der Waals surface area contributed by atoms with Crippen molar-refractivity contribution in [1.82, 2.24) is 51.7 Å². The van der Waals surface area contributed by atoms with Gasteiger partial charge in [-0.1, -0.05) is 24.3 Å². The number of aromatic amines is 1. The van der Waals surface area contributed by atoms with Crippen molar-refractivity contribution in [2.75, 3.05) is 51.9 Å². The molecule has 86 heavy (non-hydrogen) atoms. The quantitative estimate of drug-likeness (QED) is 0.0590. The number of aliphatic hydroxyl groups is 3. The summed E-state index contributed by atoms with van der Waals surface area (Å²) in [5, 5.41) is 67.4. The van der Waals surface area contributed by atoms with Crippen molar-refractivity contribution < 1.29 is 68.0 Å². The number of aliphatic hydroxyl groups excluding tert-OH is 2. The van der Waals surface area contributed by atoms with Gasteiger partial charge in [-0.25, -0.2) is 4.58 Å². The number of hydrogen-bond acceptors (Lipinski definition) is 16. The summed E-state index contributed by atoms with van der Waals surface area (Å²) in [6, 6.07) is 11.3. The lowest BCUT2D eigenvalue weighted by Gasteiger charge is -2.31. The summed E-state index contributed by atoms with van der Waals surface area (Å²) in [5.74, 6) is -8.75. The van der Waals surface area contributed by atoms with Crippen molar-refractivity contribution >= 4 is 92.5 Å². The predicted octanol–water partition coefficient (Wildman–Crippen LogP) is -1.33. The minimum absolute atomic E-state index is 0.144. The molecule has 26 heteroatoms. The fourth-order valence-electron chi connectivity index (χ4n) is 10.9. The number of nitrogens with zero attached hydrogens (tertiary/aromatic N) is 3. The van der Waals surface area contributed by atoms with E-state index in [1.165, 1.54) is 39.8 Å². The number of benzene rings is 4. The van der Waals surface area contributed by atoms with Gasteiger partial charge in [0.05, 0.1) is 34.9 Å². The van der Waals surface area contributed by atoms with Gasteiger partial charge in [-0.05, 0) is 75.2 Å². The van der Waals surface area contributed by atoms with Gasteiger partial charge >= 0.3 is 0 Å². The Morgan fingerprint density at radius 3 is 2.21 bits per heavy atom. The van der Waals surface area contributed by atoms with Gasteiger partial charge in [0.25, 0.3) is 5.91 Å². The number of thioether (sulfide) groups is 1. The molecular formula is C60H69N11O14S. The molecule has 0 spiro atoms. The van der Waals surface area contributed by atoms with Crippen LogP contribution in [0.5, 0.6) is 0 Å². The second kappa shape index (κ2) is 25.0. The zero-order chi connectivity index (χ0) is 62.2. The Kier molecular flexibility index (Phi) is 17.9. The minimum Gasteiger partial charge on any atom is -0.545 e. The van der Waals surface area contributed by atoms with Crippen LogP contribution in [-0.2, 0) is 40.0 Å². The molecule has 0 saturated carbocycles. The molecule has 5 aliphatic rings. The van der Waals surface area contributed by atoms with E-state index >= 15 is 0 Å². The number of para-hydroxylation sites is 1. The van der Waals surface area contributed by atoms with E-state index in [0.717, 1.165) is 33.8 Å². The summed E-state index contributed by atoms with van der Waals surface area (Å²) in [4.78, 5) is 134. The number of carbonyl (C=O) groups excluding carboxylic acids is 9. The zero-order valence-electron chi connectivity index (χ0n) is 48.5. The first kappa shape index (κ1) is 61.7. The van der Waals surface area contributed by atoms with E-state index in [0.29, 0.717) is 49.3 Å². The maximum atomic E-state index is 15.0. The highest BCUT2D eigenvalue weighted by Gasteiger charge is 2.44. The lowest BCUT2D eigenvalue weighted by atomic mass is 9.89. The van der Waals surface area contributed by atoms with Crippen molar-refractivity contribution in [2.24, 2.45) is 0 Å². The van der Waals surface area contributed by atoms with Crippen LogP contribution >= 0.6 is 11.8 Å². The third-order valence-electron chi connectivity index (χ3n) is 15.7. The monoisotopic (exact) mass is 1200 g/mol. The van der Waals surface area contributed by atoms with Crippen LogP contribution < -0.4 is 57.2 Å². The zero-order valence-corrected chi connectivity index (χ0v) is 49.3. The first-order chi connectivity index (χ1) is 40.7. The standard InChI is InChI=1S/C60H69N11O14S/c1-28-50(74)64-42-23-39-35-11-9-10-12-41(35)67-57(39)86-26-44(58(81)71-25-34(73)22-45(71)55(79)63-28)66-56(80)49(30(3)72)68-51(75)29(2)62-54(78)43(65-53(42)77)24-60(4,84)27-61-52(76)31-13-16-36(40(19-31)59(82)83)48-37-17-14-32(69(5)6)20-46(37)85-47-21-33(70(7)8)15-18-38(47)48/h9-21,28-30,34,42-45,49,67,72-73,84H,22-27H2,1-8H3,(H7-,61,62,63,64,65,66,68,74,75,76,77,78,79,80,82,83). The summed E-state index contributed by atoms with van der Waals surface area (Å²) in [6.45, 7) is 4.12.